The van der Waals surface area contributed by atoms with E-state index in [-0.39, 0.29) is 0 Å². The van der Waals surface area contributed by atoms with Crippen molar-refractivity contribution in [3.05, 3.63) is 0 Å². The molecule has 0 aliphatic carbocycles. The van der Waals surface area contributed by atoms with Crippen molar-refractivity contribution in [2.75, 3.05) is 0 Å². The van der Waals surface area contributed by atoms with Crippen LogP contribution in [0, 0.1) is 17.8 Å². The van der Waals surface area contributed by atoms with Gasteiger partial charge in [0.2, 0.25) is 0 Å². The number of hydrogen-bond donors (Lipinski definition) is 0. The van der Waals surface area contributed by atoms with Crippen molar-refractivity contribution in [3.8, 4) is 11.8 Å². The highest BCUT2D eigenvalue weighted by Crippen LogP contribution is 2.16. The fraction of sp³-hybridized carbons (Fsp3) is 0.895. The fourth-order valence-corrected chi connectivity index (χ4v) is 2.41. The standard InChI is InChI=1S/C19H36/c1-4-6-8-10-11-12-13-14-16-18-19(3)17-15-9-7-5-2/h19H,4-10,13-18H2,1-3H3. The highest BCUT2D eigenvalue weighted by Gasteiger charge is 2.01. The molecule has 0 nitrogen and oxygen atoms in total. The highest BCUT2D eigenvalue weighted by atomic mass is 14.1. The third-order valence-electron chi connectivity index (χ3n) is 3.83. The Balaban J connectivity index is 3.24. The lowest BCUT2D eigenvalue weighted by molar-refractivity contribution is 0.442. The van der Waals surface area contributed by atoms with Crippen molar-refractivity contribution in [1.82, 2.24) is 0 Å². The molecule has 1 atom stereocenters. The summed E-state index contributed by atoms with van der Waals surface area (Å²) >= 11 is 0. The second-order valence-corrected chi connectivity index (χ2v) is 6.01. The third kappa shape index (κ3) is 15.5. The topological polar surface area (TPSA) is 0 Å². The van der Waals surface area contributed by atoms with Crippen LogP contribution in [-0.4, -0.2) is 0 Å². The highest BCUT2D eigenvalue weighted by molar-refractivity contribution is 4.98. The van der Waals surface area contributed by atoms with E-state index in [1.165, 1.54) is 70.6 Å². The molecule has 112 valence electrons. The molecule has 0 N–H and O–H groups in total. The molecule has 0 heterocycles. The van der Waals surface area contributed by atoms with Crippen molar-refractivity contribution in [1.29, 1.82) is 0 Å². The van der Waals surface area contributed by atoms with Crippen molar-refractivity contribution in [2.24, 2.45) is 5.92 Å². The summed E-state index contributed by atoms with van der Waals surface area (Å²) in [4.78, 5) is 0. The maximum Gasteiger partial charge on any atom is 0.00886 e. The Kier molecular flexibility index (Phi) is 15.3. The van der Waals surface area contributed by atoms with Crippen LogP contribution in [0.1, 0.15) is 104 Å². The van der Waals surface area contributed by atoms with Gasteiger partial charge in [0.1, 0.15) is 0 Å². The van der Waals surface area contributed by atoms with Crippen LogP contribution < -0.4 is 0 Å². The van der Waals surface area contributed by atoms with Gasteiger partial charge < -0.3 is 0 Å². The van der Waals surface area contributed by atoms with Crippen LogP contribution in [0.3, 0.4) is 0 Å². The van der Waals surface area contributed by atoms with Crippen LogP contribution in [0.5, 0.6) is 0 Å². The van der Waals surface area contributed by atoms with Gasteiger partial charge in [-0.05, 0) is 18.8 Å². The number of rotatable bonds is 12. The van der Waals surface area contributed by atoms with E-state index in [0.29, 0.717) is 0 Å². The molecule has 0 aromatic heterocycles. The van der Waals surface area contributed by atoms with Gasteiger partial charge in [0, 0.05) is 12.8 Å². The minimum atomic E-state index is 0.925. The van der Waals surface area contributed by atoms with E-state index in [9.17, 15) is 0 Å². The number of hydrogen-bond acceptors (Lipinski definition) is 0. The second-order valence-electron chi connectivity index (χ2n) is 6.01. The summed E-state index contributed by atoms with van der Waals surface area (Å²) < 4.78 is 0. The first-order valence-corrected chi connectivity index (χ1v) is 8.77. The first-order chi connectivity index (χ1) is 9.31. The van der Waals surface area contributed by atoms with Gasteiger partial charge in [-0.1, -0.05) is 78.6 Å². The molecule has 0 heteroatoms. The van der Waals surface area contributed by atoms with Crippen LogP contribution in [0.2, 0.25) is 0 Å². The van der Waals surface area contributed by atoms with Gasteiger partial charge in [-0.15, -0.1) is 11.8 Å². The normalized spacial score (nSPS) is 11.9. The lowest BCUT2D eigenvalue weighted by atomic mass is 9.96. The zero-order valence-corrected chi connectivity index (χ0v) is 13.8. The molecule has 0 bridgehead atoms. The zero-order chi connectivity index (χ0) is 14.2. The lowest BCUT2D eigenvalue weighted by Gasteiger charge is -2.10. The van der Waals surface area contributed by atoms with E-state index in [4.69, 9.17) is 0 Å². The van der Waals surface area contributed by atoms with Crippen LogP contribution in [0.4, 0.5) is 0 Å². The Bertz CT molecular complexity index is 218. The average molecular weight is 264 g/mol. The third-order valence-corrected chi connectivity index (χ3v) is 3.83. The predicted molar refractivity (Wildman–Crippen MR) is 88.3 cm³/mol. The van der Waals surface area contributed by atoms with Crippen LogP contribution in [0.25, 0.3) is 0 Å². The van der Waals surface area contributed by atoms with Gasteiger partial charge in [0.25, 0.3) is 0 Å². The van der Waals surface area contributed by atoms with Crippen molar-refractivity contribution in [3.63, 3.8) is 0 Å². The van der Waals surface area contributed by atoms with Gasteiger partial charge in [-0.25, -0.2) is 0 Å². The predicted octanol–water partition coefficient (Wildman–Crippen LogP) is 6.74. The molecule has 0 aromatic rings. The Morgan fingerprint density at radius 2 is 1.11 bits per heavy atom. The molecule has 0 aliphatic heterocycles. The monoisotopic (exact) mass is 264 g/mol. The van der Waals surface area contributed by atoms with Crippen LogP contribution >= 0.6 is 0 Å². The maximum absolute atomic E-state index is 3.33. The summed E-state index contributed by atoms with van der Waals surface area (Å²) in [6.07, 6.45) is 17.3. The molecular weight excluding hydrogens is 228 g/mol. The molecule has 0 saturated heterocycles. The van der Waals surface area contributed by atoms with Crippen molar-refractivity contribution < 1.29 is 0 Å². The van der Waals surface area contributed by atoms with Gasteiger partial charge in [0.15, 0.2) is 0 Å². The lowest BCUT2D eigenvalue weighted by Crippen LogP contribution is -1.94. The molecule has 0 rings (SSSR count). The minimum Gasteiger partial charge on any atom is -0.103 e. The smallest absolute Gasteiger partial charge is 0.00886 e. The molecule has 1 unspecified atom stereocenters. The van der Waals surface area contributed by atoms with E-state index in [2.05, 4.69) is 32.6 Å². The van der Waals surface area contributed by atoms with E-state index in [1.54, 1.807) is 0 Å². The summed E-state index contributed by atoms with van der Waals surface area (Å²) in [6.45, 7) is 6.95. The molecule has 0 saturated carbocycles. The first kappa shape index (κ1) is 18.6. The van der Waals surface area contributed by atoms with E-state index in [0.717, 1.165) is 18.8 Å². The zero-order valence-electron chi connectivity index (χ0n) is 13.8. The quantitative estimate of drug-likeness (QED) is 0.270. The molecule has 0 aromatic carbocycles. The Hall–Kier alpha value is -0.440. The summed E-state index contributed by atoms with van der Waals surface area (Å²) in [6, 6.07) is 0. The van der Waals surface area contributed by atoms with Gasteiger partial charge in [0.05, 0.1) is 0 Å². The van der Waals surface area contributed by atoms with E-state index in [1.807, 2.05) is 0 Å². The largest absolute Gasteiger partial charge is 0.103 e. The summed E-state index contributed by atoms with van der Waals surface area (Å²) in [5.74, 6) is 7.56. The Labute approximate surface area is 122 Å². The molecule has 0 radical (unpaired) electrons. The molecule has 19 heavy (non-hydrogen) atoms. The van der Waals surface area contributed by atoms with Crippen LogP contribution in [-0.2, 0) is 0 Å². The van der Waals surface area contributed by atoms with E-state index >= 15 is 0 Å². The van der Waals surface area contributed by atoms with E-state index < -0.39 is 0 Å². The van der Waals surface area contributed by atoms with Crippen LogP contribution in [0.15, 0.2) is 0 Å². The maximum atomic E-state index is 3.33. The minimum absolute atomic E-state index is 0.925. The SMILES string of the molecule is CCCCCC#CCCCCC(C)CCCCCC. The first-order valence-electron chi connectivity index (χ1n) is 8.77. The summed E-state index contributed by atoms with van der Waals surface area (Å²) in [7, 11) is 0. The Morgan fingerprint density at radius 1 is 0.632 bits per heavy atom. The molecular formula is C19H36. The molecule has 0 fully saturated rings. The van der Waals surface area contributed by atoms with Gasteiger partial charge >= 0.3 is 0 Å². The van der Waals surface area contributed by atoms with Gasteiger partial charge in [-0.3, -0.25) is 0 Å². The Morgan fingerprint density at radius 3 is 1.68 bits per heavy atom. The van der Waals surface area contributed by atoms with Gasteiger partial charge in [-0.2, -0.15) is 0 Å². The summed E-state index contributed by atoms with van der Waals surface area (Å²) in [5, 5.41) is 0. The molecule has 0 spiro atoms. The second kappa shape index (κ2) is 15.6. The molecule has 0 amide bonds. The summed E-state index contributed by atoms with van der Waals surface area (Å²) in [5.41, 5.74) is 0. The van der Waals surface area contributed by atoms with Crippen molar-refractivity contribution >= 4 is 0 Å². The molecule has 0 aliphatic rings. The fourth-order valence-electron chi connectivity index (χ4n) is 2.41. The average Bonchev–Trinajstić information content (AvgIpc) is 2.42. The number of unbranched alkanes of at least 4 members (excludes halogenated alkanes) is 8. The van der Waals surface area contributed by atoms with Crippen molar-refractivity contribution in [2.45, 2.75) is 104 Å².